The van der Waals surface area contributed by atoms with Gasteiger partial charge in [-0.05, 0) is 62.6 Å². The van der Waals surface area contributed by atoms with Gasteiger partial charge in [0.15, 0.2) is 4.75 Å². The molecule has 5 nitrogen and oxygen atoms in total. The van der Waals surface area contributed by atoms with E-state index in [9.17, 15) is 9.59 Å². The first kappa shape index (κ1) is 18.9. The van der Waals surface area contributed by atoms with Gasteiger partial charge < -0.3 is 15.1 Å². The van der Waals surface area contributed by atoms with Crippen LogP contribution in [0.2, 0.25) is 0 Å². The van der Waals surface area contributed by atoms with Crippen LogP contribution in [0.5, 0.6) is 0 Å². The number of nitrogens with zero attached hydrogens (tertiary/aromatic N) is 2. The van der Waals surface area contributed by atoms with Crippen LogP contribution in [0.3, 0.4) is 0 Å². The molecule has 1 N–H and O–H groups in total. The van der Waals surface area contributed by atoms with Gasteiger partial charge in [-0.1, -0.05) is 23.9 Å². The number of benzene rings is 2. The van der Waals surface area contributed by atoms with Crippen molar-refractivity contribution in [1.82, 2.24) is 0 Å². The van der Waals surface area contributed by atoms with Gasteiger partial charge in [-0.3, -0.25) is 9.59 Å². The topological polar surface area (TPSA) is 52.7 Å². The first-order valence-electron chi connectivity index (χ1n) is 9.72. The maximum atomic E-state index is 13.1. The Labute approximate surface area is 170 Å². The largest absolute Gasteiger partial charge is 0.372 e. The van der Waals surface area contributed by atoms with Gasteiger partial charge in [0.25, 0.3) is 5.91 Å². The van der Waals surface area contributed by atoms with E-state index < -0.39 is 4.75 Å². The average Bonchev–Trinajstić information content (AvgIpc) is 2.73. The summed E-state index contributed by atoms with van der Waals surface area (Å²) in [4.78, 5) is 30.9. The number of thioether (sulfide) groups is 1. The van der Waals surface area contributed by atoms with E-state index in [1.165, 1.54) is 36.7 Å². The van der Waals surface area contributed by atoms with Crippen LogP contribution in [0.1, 0.15) is 26.2 Å². The number of fused-ring (bicyclic) bond motifs is 1. The zero-order chi connectivity index (χ0) is 19.7. The summed E-state index contributed by atoms with van der Waals surface area (Å²) in [6, 6.07) is 15.6. The first-order valence-corrected chi connectivity index (χ1v) is 10.5. The van der Waals surface area contributed by atoms with Crippen LogP contribution in [0.15, 0.2) is 53.4 Å². The first-order chi connectivity index (χ1) is 13.5. The average molecular weight is 396 g/mol. The Morgan fingerprint density at radius 3 is 2.43 bits per heavy atom. The third-order valence-corrected chi connectivity index (χ3v) is 6.87. The number of carbonyl (C=O) groups excluding carboxylic acids is 2. The molecule has 2 aliphatic heterocycles. The summed E-state index contributed by atoms with van der Waals surface area (Å²) < 4.78 is -1.20. The Morgan fingerprint density at radius 1 is 1.04 bits per heavy atom. The molecule has 0 aliphatic carbocycles. The highest BCUT2D eigenvalue weighted by Crippen LogP contribution is 2.45. The van der Waals surface area contributed by atoms with E-state index in [1.807, 2.05) is 48.5 Å². The summed E-state index contributed by atoms with van der Waals surface area (Å²) in [5.41, 5.74) is 2.73. The smallest absolute Gasteiger partial charge is 0.252 e. The molecule has 2 amide bonds. The van der Waals surface area contributed by atoms with Gasteiger partial charge in [0.05, 0.1) is 5.69 Å². The van der Waals surface area contributed by atoms with E-state index in [0.717, 1.165) is 23.7 Å². The van der Waals surface area contributed by atoms with Crippen molar-refractivity contribution in [1.29, 1.82) is 0 Å². The Kier molecular flexibility index (Phi) is 5.06. The number of hydrogen-bond acceptors (Lipinski definition) is 4. The highest BCUT2D eigenvalue weighted by atomic mass is 32.2. The lowest BCUT2D eigenvalue weighted by molar-refractivity contribution is -0.128. The molecule has 0 bridgehead atoms. The number of piperidine rings is 1. The standard InChI is InChI=1S/C22H25N3O2S/c1-22(21(27)24(2)18-8-4-5-9-19(18)28-22)20(26)23-16-10-12-17(13-11-16)25-14-6-3-7-15-25/h4-5,8-13H,3,6-7,14-15H2,1-2H3,(H,23,26). The summed E-state index contributed by atoms with van der Waals surface area (Å²) in [7, 11) is 1.72. The van der Waals surface area contributed by atoms with Gasteiger partial charge in [0, 0.05) is 36.4 Å². The molecule has 1 fully saturated rings. The van der Waals surface area contributed by atoms with Crippen LogP contribution in [0.25, 0.3) is 0 Å². The van der Waals surface area contributed by atoms with E-state index in [1.54, 1.807) is 18.9 Å². The van der Waals surface area contributed by atoms with Gasteiger partial charge in [-0.15, -0.1) is 0 Å². The second kappa shape index (κ2) is 7.51. The lowest BCUT2D eigenvalue weighted by atomic mass is 10.1. The maximum Gasteiger partial charge on any atom is 0.252 e. The van der Waals surface area contributed by atoms with Crippen LogP contribution in [-0.2, 0) is 9.59 Å². The molecule has 2 aromatic rings. The van der Waals surface area contributed by atoms with Crippen molar-refractivity contribution < 1.29 is 9.59 Å². The monoisotopic (exact) mass is 395 g/mol. The minimum Gasteiger partial charge on any atom is -0.372 e. The van der Waals surface area contributed by atoms with E-state index in [4.69, 9.17) is 0 Å². The molecule has 0 aromatic heterocycles. The fourth-order valence-corrected chi connectivity index (χ4v) is 5.08. The molecular formula is C22H25N3O2S. The molecule has 0 radical (unpaired) electrons. The van der Waals surface area contributed by atoms with Crippen LogP contribution < -0.4 is 15.1 Å². The molecule has 2 aromatic carbocycles. The van der Waals surface area contributed by atoms with Crippen molar-refractivity contribution in [2.24, 2.45) is 0 Å². The van der Waals surface area contributed by atoms with Crippen LogP contribution in [0, 0.1) is 0 Å². The quantitative estimate of drug-likeness (QED) is 0.794. The summed E-state index contributed by atoms with van der Waals surface area (Å²) in [5.74, 6) is -0.506. The van der Waals surface area contributed by atoms with Crippen molar-refractivity contribution in [3.05, 3.63) is 48.5 Å². The van der Waals surface area contributed by atoms with E-state index in [2.05, 4.69) is 10.2 Å². The number of hydrogen-bond donors (Lipinski definition) is 1. The molecular weight excluding hydrogens is 370 g/mol. The third-order valence-electron chi connectivity index (χ3n) is 5.53. The van der Waals surface area contributed by atoms with Crippen molar-refractivity contribution >= 4 is 40.6 Å². The molecule has 0 spiro atoms. The molecule has 4 rings (SSSR count). The molecule has 1 saturated heterocycles. The Morgan fingerprint density at radius 2 is 1.71 bits per heavy atom. The van der Waals surface area contributed by atoms with E-state index >= 15 is 0 Å². The van der Waals surface area contributed by atoms with Gasteiger partial charge >= 0.3 is 0 Å². The number of amides is 2. The van der Waals surface area contributed by atoms with Gasteiger partial charge in [-0.25, -0.2) is 0 Å². The molecule has 146 valence electrons. The number of rotatable bonds is 3. The van der Waals surface area contributed by atoms with Crippen molar-refractivity contribution in [3.63, 3.8) is 0 Å². The molecule has 2 aliphatic rings. The van der Waals surface area contributed by atoms with Gasteiger partial charge in [0.1, 0.15) is 0 Å². The van der Waals surface area contributed by atoms with Crippen molar-refractivity contribution in [2.45, 2.75) is 35.8 Å². The zero-order valence-electron chi connectivity index (χ0n) is 16.3. The number of nitrogens with one attached hydrogen (secondary N) is 1. The minimum atomic E-state index is -1.20. The summed E-state index contributed by atoms with van der Waals surface area (Å²) >= 11 is 1.31. The SMILES string of the molecule is CN1C(=O)C(C)(C(=O)Nc2ccc(N3CCCCC3)cc2)Sc2ccccc21. The van der Waals surface area contributed by atoms with E-state index in [0.29, 0.717) is 5.69 Å². The number of carbonyl (C=O) groups is 2. The second-order valence-corrected chi connectivity index (χ2v) is 8.98. The molecule has 1 unspecified atom stereocenters. The second-order valence-electron chi connectivity index (χ2n) is 7.52. The predicted molar refractivity (Wildman–Crippen MR) is 115 cm³/mol. The zero-order valence-corrected chi connectivity index (χ0v) is 17.1. The summed E-state index contributed by atoms with van der Waals surface area (Å²) in [6.45, 7) is 3.87. The minimum absolute atomic E-state index is 0.210. The third kappa shape index (κ3) is 3.37. The van der Waals surface area contributed by atoms with Crippen LogP contribution >= 0.6 is 11.8 Å². The Hall–Kier alpha value is -2.47. The number of anilines is 3. The molecule has 6 heteroatoms. The summed E-state index contributed by atoms with van der Waals surface area (Å²) in [5, 5.41) is 2.94. The molecule has 28 heavy (non-hydrogen) atoms. The van der Waals surface area contributed by atoms with Crippen LogP contribution in [0.4, 0.5) is 17.1 Å². The van der Waals surface area contributed by atoms with Crippen LogP contribution in [-0.4, -0.2) is 36.7 Å². The van der Waals surface area contributed by atoms with Gasteiger partial charge in [-0.2, -0.15) is 0 Å². The van der Waals surface area contributed by atoms with Gasteiger partial charge in [0.2, 0.25) is 5.91 Å². The summed E-state index contributed by atoms with van der Waals surface area (Å²) in [6.07, 6.45) is 3.75. The number of para-hydroxylation sites is 1. The Balaban J connectivity index is 1.51. The maximum absolute atomic E-state index is 13.1. The lowest BCUT2D eigenvalue weighted by Crippen LogP contribution is -2.53. The molecule has 1 atom stereocenters. The highest BCUT2D eigenvalue weighted by Gasteiger charge is 2.48. The fraction of sp³-hybridized carbons (Fsp3) is 0.364. The lowest BCUT2D eigenvalue weighted by Gasteiger charge is -2.37. The fourth-order valence-electron chi connectivity index (χ4n) is 3.82. The van der Waals surface area contributed by atoms with Crippen molar-refractivity contribution in [2.75, 3.05) is 35.3 Å². The van der Waals surface area contributed by atoms with E-state index in [-0.39, 0.29) is 11.8 Å². The predicted octanol–water partition coefficient (Wildman–Crippen LogP) is 4.14. The Bertz CT molecular complexity index is 893. The van der Waals surface area contributed by atoms with Crippen molar-refractivity contribution in [3.8, 4) is 0 Å². The molecule has 2 heterocycles. The highest BCUT2D eigenvalue weighted by molar-refractivity contribution is 8.02. The molecule has 0 saturated carbocycles. The normalized spacial score (nSPS) is 22.0.